The van der Waals surface area contributed by atoms with Gasteiger partial charge in [0.15, 0.2) is 0 Å². The van der Waals surface area contributed by atoms with E-state index in [-0.39, 0.29) is 22.3 Å². The first-order valence-corrected chi connectivity index (χ1v) is 10.3. The number of carbonyl (C=O) groups is 1. The van der Waals surface area contributed by atoms with E-state index in [1.807, 2.05) is 19.1 Å². The van der Waals surface area contributed by atoms with Crippen LogP contribution in [-0.4, -0.2) is 32.7 Å². The van der Waals surface area contributed by atoms with Crippen LogP contribution in [0.15, 0.2) is 53.4 Å². The van der Waals surface area contributed by atoms with Crippen molar-refractivity contribution >= 4 is 15.9 Å². The molecule has 0 saturated carbocycles. The number of nitrogens with one attached hydrogen (secondary N) is 1. The van der Waals surface area contributed by atoms with Gasteiger partial charge in [-0.05, 0) is 41.7 Å². The molecule has 0 aliphatic heterocycles. The van der Waals surface area contributed by atoms with Crippen molar-refractivity contribution < 1.29 is 13.2 Å². The molecule has 1 atom stereocenters. The summed E-state index contributed by atoms with van der Waals surface area (Å²) in [4.78, 5) is 12.7. The molecule has 0 aliphatic rings. The molecule has 0 bridgehead atoms. The molecule has 0 fully saturated rings. The highest BCUT2D eigenvalue weighted by Gasteiger charge is 2.20. The van der Waals surface area contributed by atoms with Gasteiger partial charge in [0.1, 0.15) is 0 Å². The van der Waals surface area contributed by atoms with E-state index in [4.69, 9.17) is 0 Å². The van der Waals surface area contributed by atoms with Crippen LogP contribution >= 0.6 is 0 Å². The Labute approximate surface area is 162 Å². The number of benzene rings is 2. The molecule has 2 rings (SSSR count). The SMILES string of the molecule is C[C@@H](NC(=O)c1cccc(S(=O)(=O)N(C)C)c1)c1ccc(C(C)(C)C)cc1. The highest BCUT2D eigenvalue weighted by atomic mass is 32.2. The molecular weight excluding hydrogens is 360 g/mol. The van der Waals surface area contributed by atoms with Crippen LogP contribution in [0.3, 0.4) is 0 Å². The molecule has 5 nitrogen and oxygen atoms in total. The highest BCUT2D eigenvalue weighted by molar-refractivity contribution is 7.89. The van der Waals surface area contributed by atoms with Crippen LogP contribution in [0.1, 0.15) is 55.2 Å². The van der Waals surface area contributed by atoms with E-state index >= 15 is 0 Å². The van der Waals surface area contributed by atoms with E-state index in [0.717, 1.165) is 9.87 Å². The third kappa shape index (κ3) is 4.96. The molecule has 2 aromatic rings. The molecule has 0 unspecified atom stereocenters. The summed E-state index contributed by atoms with van der Waals surface area (Å²) in [5, 5.41) is 2.93. The van der Waals surface area contributed by atoms with E-state index in [1.54, 1.807) is 12.1 Å². The predicted molar refractivity (Wildman–Crippen MR) is 108 cm³/mol. The van der Waals surface area contributed by atoms with Crippen LogP contribution in [0.4, 0.5) is 0 Å². The fourth-order valence-corrected chi connectivity index (χ4v) is 3.59. The Hall–Kier alpha value is -2.18. The summed E-state index contributed by atoms with van der Waals surface area (Å²) in [7, 11) is -0.652. The van der Waals surface area contributed by atoms with Gasteiger partial charge in [0.25, 0.3) is 5.91 Å². The van der Waals surface area contributed by atoms with E-state index in [9.17, 15) is 13.2 Å². The van der Waals surface area contributed by atoms with Crippen molar-refractivity contribution in [2.75, 3.05) is 14.1 Å². The Morgan fingerprint density at radius 3 is 2.15 bits per heavy atom. The quantitative estimate of drug-likeness (QED) is 0.849. The average Bonchev–Trinajstić information content (AvgIpc) is 2.61. The van der Waals surface area contributed by atoms with Crippen molar-refractivity contribution in [3.05, 3.63) is 65.2 Å². The van der Waals surface area contributed by atoms with E-state index in [1.165, 1.54) is 31.8 Å². The summed E-state index contributed by atoms with van der Waals surface area (Å²) in [6, 6.07) is 14.1. The second-order valence-electron chi connectivity index (χ2n) is 7.88. The number of nitrogens with zero attached hydrogens (tertiary/aromatic N) is 1. The van der Waals surface area contributed by atoms with Crippen LogP contribution in [-0.2, 0) is 15.4 Å². The third-order valence-corrected chi connectivity index (χ3v) is 6.31. The van der Waals surface area contributed by atoms with Crippen molar-refractivity contribution in [3.63, 3.8) is 0 Å². The fraction of sp³-hybridized carbons (Fsp3) is 0.381. The van der Waals surface area contributed by atoms with E-state index in [2.05, 4.69) is 38.2 Å². The zero-order chi connectivity index (χ0) is 20.4. The van der Waals surface area contributed by atoms with Crippen molar-refractivity contribution in [1.82, 2.24) is 9.62 Å². The highest BCUT2D eigenvalue weighted by Crippen LogP contribution is 2.24. The van der Waals surface area contributed by atoms with Gasteiger partial charge in [-0.2, -0.15) is 0 Å². The van der Waals surface area contributed by atoms with Crippen LogP contribution in [0, 0.1) is 0 Å². The van der Waals surface area contributed by atoms with Crippen LogP contribution < -0.4 is 5.32 Å². The number of hydrogen-bond donors (Lipinski definition) is 1. The summed E-state index contributed by atoms with van der Waals surface area (Å²) in [6.45, 7) is 8.37. The summed E-state index contributed by atoms with van der Waals surface area (Å²) in [5.41, 5.74) is 2.61. The molecule has 0 radical (unpaired) electrons. The zero-order valence-electron chi connectivity index (χ0n) is 16.8. The summed E-state index contributed by atoms with van der Waals surface area (Å²) < 4.78 is 25.6. The fourth-order valence-electron chi connectivity index (χ4n) is 2.64. The Morgan fingerprint density at radius 1 is 1.04 bits per heavy atom. The molecule has 6 heteroatoms. The molecule has 2 aromatic carbocycles. The number of hydrogen-bond acceptors (Lipinski definition) is 3. The van der Waals surface area contributed by atoms with Gasteiger partial charge in [-0.25, -0.2) is 12.7 Å². The molecule has 27 heavy (non-hydrogen) atoms. The molecule has 0 spiro atoms. The molecule has 1 amide bonds. The van der Waals surface area contributed by atoms with Crippen molar-refractivity contribution in [2.45, 2.75) is 44.0 Å². The van der Waals surface area contributed by atoms with Crippen molar-refractivity contribution in [2.24, 2.45) is 0 Å². The molecule has 1 N–H and O–H groups in total. The number of amides is 1. The van der Waals surface area contributed by atoms with Gasteiger partial charge in [-0.15, -0.1) is 0 Å². The number of carbonyl (C=O) groups excluding carboxylic acids is 1. The maximum absolute atomic E-state index is 12.6. The van der Waals surface area contributed by atoms with E-state index < -0.39 is 10.0 Å². The molecule has 0 aliphatic carbocycles. The van der Waals surface area contributed by atoms with Crippen LogP contribution in [0.2, 0.25) is 0 Å². The molecule has 0 saturated heterocycles. The minimum absolute atomic E-state index is 0.0728. The minimum Gasteiger partial charge on any atom is -0.346 e. The molecular formula is C21H28N2O3S. The first-order chi connectivity index (χ1) is 12.4. The Morgan fingerprint density at radius 2 is 1.63 bits per heavy atom. The molecule has 146 valence electrons. The Bertz CT molecular complexity index is 911. The summed E-state index contributed by atoms with van der Waals surface area (Å²) >= 11 is 0. The van der Waals surface area contributed by atoms with Gasteiger partial charge < -0.3 is 5.32 Å². The van der Waals surface area contributed by atoms with Gasteiger partial charge >= 0.3 is 0 Å². The number of rotatable bonds is 5. The normalized spacial score (nSPS) is 13.4. The maximum atomic E-state index is 12.6. The second kappa shape index (κ2) is 7.82. The standard InChI is InChI=1S/C21H28N2O3S/c1-15(16-10-12-18(13-11-16)21(2,3)4)22-20(24)17-8-7-9-19(14-17)27(25,26)23(5)6/h7-15H,1-6H3,(H,22,24)/t15-/m1/s1. The Balaban J connectivity index is 2.18. The topological polar surface area (TPSA) is 66.5 Å². The lowest BCUT2D eigenvalue weighted by Gasteiger charge is -2.21. The Kier molecular flexibility index (Phi) is 6.12. The van der Waals surface area contributed by atoms with E-state index in [0.29, 0.717) is 5.56 Å². The zero-order valence-corrected chi connectivity index (χ0v) is 17.6. The van der Waals surface area contributed by atoms with Crippen LogP contribution in [0.25, 0.3) is 0 Å². The lowest BCUT2D eigenvalue weighted by molar-refractivity contribution is 0.0939. The lowest BCUT2D eigenvalue weighted by Crippen LogP contribution is -2.27. The number of sulfonamides is 1. The van der Waals surface area contributed by atoms with Crippen molar-refractivity contribution in [3.8, 4) is 0 Å². The smallest absolute Gasteiger partial charge is 0.251 e. The monoisotopic (exact) mass is 388 g/mol. The minimum atomic E-state index is -3.58. The van der Waals surface area contributed by atoms with Gasteiger partial charge in [0.05, 0.1) is 10.9 Å². The van der Waals surface area contributed by atoms with Gasteiger partial charge in [0, 0.05) is 19.7 Å². The first-order valence-electron chi connectivity index (χ1n) is 8.87. The first kappa shape index (κ1) is 21.1. The average molecular weight is 389 g/mol. The molecule has 0 aromatic heterocycles. The predicted octanol–water partition coefficient (Wildman–Crippen LogP) is 3.73. The van der Waals surface area contributed by atoms with Gasteiger partial charge in [0.2, 0.25) is 10.0 Å². The lowest BCUT2D eigenvalue weighted by atomic mass is 9.86. The summed E-state index contributed by atoms with van der Waals surface area (Å²) in [6.07, 6.45) is 0. The summed E-state index contributed by atoms with van der Waals surface area (Å²) in [5.74, 6) is -0.307. The van der Waals surface area contributed by atoms with Gasteiger partial charge in [-0.1, -0.05) is 51.1 Å². The maximum Gasteiger partial charge on any atom is 0.251 e. The second-order valence-corrected chi connectivity index (χ2v) is 10.0. The largest absolute Gasteiger partial charge is 0.346 e. The van der Waals surface area contributed by atoms with Crippen LogP contribution in [0.5, 0.6) is 0 Å². The third-order valence-electron chi connectivity index (χ3n) is 4.50. The van der Waals surface area contributed by atoms with Crippen molar-refractivity contribution in [1.29, 1.82) is 0 Å². The molecule has 0 heterocycles. The van der Waals surface area contributed by atoms with Gasteiger partial charge in [-0.3, -0.25) is 4.79 Å².